The van der Waals surface area contributed by atoms with Gasteiger partial charge in [0.2, 0.25) is 0 Å². The number of carbonyl (C=O) groups excluding carboxylic acids is 1. The number of ether oxygens (including phenoxy) is 1. The molecule has 0 spiro atoms. The third-order valence-electron chi connectivity index (χ3n) is 5.67. The van der Waals surface area contributed by atoms with Crippen LogP contribution in [0.1, 0.15) is 66.7 Å². The van der Waals surface area contributed by atoms with Crippen LogP contribution in [0, 0.1) is 16.7 Å². The first-order valence-electron chi connectivity index (χ1n) is 8.14. The fraction of sp³-hybridized carbons (Fsp3) is 0.941. The van der Waals surface area contributed by atoms with Gasteiger partial charge in [-0.15, -0.1) is 0 Å². The van der Waals surface area contributed by atoms with Crippen LogP contribution in [0.4, 0.5) is 4.79 Å². The van der Waals surface area contributed by atoms with Crippen molar-refractivity contribution in [3.63, 3.8) is 0 Å². The standard InChI is InChI=1S/C17H29NO3/c1-14(2,3)21-13(20)18-17-7-11-6-15(4,9-17)8-16(5,10-17)12(11)19/h11-12,19H,6-10H2,1-5H3,(H,18,20). The maximum Gasteiger partial charge on any atom is 0.408 e. The van der Waals surface area contributed by atoms with Crippen LogP contribution in [-0.2, 0) is 4.74 Å². The van der Waals surface area contributed by atoms with E-state index < -0.39 is 5.60 Å². The Morgan fingerprint density at radius 3 is 2.43 bits per heavy atom. The van der Waals surface area contributed by atoms with Gasteiger partial charge >= 0.3 is 6.09 Å². The van der Waals surface area contributed by atoms with Crippen molar-refractivity contribution in [2.24, 2.45) is 16.7 Å². The minimum atomic E-state index is -0.473. The van der Waals surface area contributed by atoms with Gasteiger partial charge in [0.15, 0.2) is 0 Å². The van der Waals surface area contributed by atoms with Crippen LogP contribution in [0.25, 0.3) is 0 Å². The summed E-state index contributed by atoms with van der Waals surface area (Å²) < 4.78 is 5.46. The first-order chi connectivity index (χ1) is 9.45. The van der Waals surface area contributed by atoms with Gasteiger partial charge in [-0.3, -0.25) is 0 Å². The van der Waals surface area contributed by atoms with Crippen molar-refractivity contribution < 1.29 is 14.6 Å². The first-order valence-corrected chi connectivity index (χ1v) is 8.14. The largest absolute Gasteiger partial charge is 0.444 e. The van der Waals surface area contributed by atoms with E-state index in [1.807, 2.05) is 20.8 Å². The van der Waals surface area contributed by atoms with E-state index in [2.05, 4.69) is 19.2 Å². The van der Waals surface area contributed by atoms with Crippen LogP contribution in [-0.4, -0.2) is 28.4 Å². The van der Waals surface area contributed by atoms with E-state index in [0.717, 1.165) is 32.1 Å². The molecular formula is C17H29NO3. The van der Waals surface area contributed by atoms with Crippen LogP contribution in [0.2, 0.25) is 0 Å². The highest BCUT2D eigenvalue weighted by Gasteiger charge is 2.64. The van der Waals surface area contributed by atoms with Gasteiger partial charge in [0.25, 0.3) is 0 Å². The van der Waals surface area contributed by atoms with E-state index in [-0.39, 0.29) is 28.6 Å². The molecule has 4 aliphatic carbocycles. The summed E-state index contributed by atoms with van der Waals surface area (Å²) in [5.74, 6) is 0.311. The molecule has 4 nitrogen and oxygen atoms in total. The van der Waals surface area contributed by atoms with Crippen LogP contribution in [0.15, 0.2) is 0 Å². The van der Waals surface area contributed by atoms with Crippen molar-refractivity contribution in [3.8, 4) is 0 Å². The second-order valence-corrected chi connectivity index (χ2v) is 9.52. The predicted octanol–water partition coefficient (Wildman–Crippen LogP) is 3.23. The molecule has 0 saturated heterocycles. The average molecular weight is 295 g/mol. The smallest absolute Gasteiger partial charge is 0.408 e. The highest BCUT2D eigenvalue weighted by molar-refractivity contribution is 5.69. The van der Waals surface area contributed by atoms with Crippen molar-refractivity contribution >= 4 is 6.09 Å². The molecule has 4 saturated carbocycles. The number of carbonyl (C=O) groups is 1. The summed E-state index contributed by atoms with van der Waals surface area (Å²) in [6.07, 6.45) is 4.38. The highest BCUT2D eigenvalue weighted by atomic mass is 16.6. The molecule has 0 aromatic heterocycles. The lowest BCUT2D eigenvalue weighted by Gasteiger charge is -2.67. The molecule has 4 fully saturated rings. The van der Waals surface area contributed by atoms with E-state index >= 15 is 0 Å². The second kappa shape index (κ2) is 4.15. The Kier molecular flexibility index (Phi) is 2.99. The van der Waals surface area contributed by atoms with Gasteiger partial charge in [-0.2, -0.15) is 0 Å². The molecule has 0 aromatic carbocycles. The van der Waals surface area contributed by atoms with Crippen LogP contribution in [0.3, 0.4) is 0 Å². The van der Waals surface area contributed by atoms with E-state index in [0.29, 0.717) is 5.92 Å². The van der Waals surface area contributed by atoms with Crippen molar-refractivity contribution in [1.82, 2.24) is 5.32 Å². The third-order valence-corrected chi connectivity index (χ3v) is 5.67. The van der Waals surface area contributed by atoms with Crippen molar-refractivity contribution in [2.75, 3.05) is 0 Å². The van der Waals surface area contributed by atoms with Gasteiger partial charge in [0.1, 0.15) is 5.60 Å². The molecule has 4 heteroatoms. The number of nitrogens with one attached hydrogen (secondary N) is 1. The number of hydrogen-bond acceptors (Lipinski definition) is 3. The molecule has 1 amide bonds. The molecule has 2 N–H and O–H groups in total. The Hall–Kier alpha value is -0.770. The molecule has 4 aliphatic rings. The number of amides is 1. The predicted molar refractivity (Wildman–Crippen MR) is 80.9 cm³/mol. The van der Waals surface area contributed by atoms with Gasteiger partial charge in [-0.25, -0.2) is 4.79 Å². The Morgan fingerprint density at radius 1 is 1.19 bits per heavy atom. The van der Waals surface area contributed by atoms with Crippen molar-refractivity contribution in [3.05, 3.63) is 0 Å². The monoisotopic (exact) mass is 295 g/mol. The number of aliphatic hydroxyl groups excluding tert-OH is 1. The van der Waals surface area contributed by atoms with Gasteiger partial charge in [0, 0.05) is 5.54 Å². The lowest BCUT2D eigenvalue weighted by atomic mass is 9.41. The molecule has 21 heavy (non-hydrogen) atoms. The minimum absolute atomic E-state index is 0.0663. The Labute approximate surface area is 127 Å². The van der Waals surface area contributed by atoms with Crippen LogP contribution >= 0.6 is 0 Å². The van der Waals surface area contributed by atoms with Gasteiger partial charge in [-0.05, 0) is 69.6 Å². The van der Waals surface area contributed by atoms with E-state index in [1.165, 1.54) is 0 Å². The number of aliphatic hydroxyl groups is 1. The topological polar surface area (TPSA) is 58.6 Å². The van der Waals surface area contributed by atoms with E-state index in [4.69, 9.17) is 4.74 Å². The quantitative estimate of drug-likeness (QED) is 0.781. The summed E-state index contributed by atoms with van der Waals surface area (Å²) in [6, 6.07) is 0. The van der Waals surface area contributed by atoms with Crippen molar-refractivity contribution in [2.45, 2.75) is 84.0 Å². The molecule has 0 aromatic rings. The SMILES string of the molecule is CC12CC3CC(NC(=O)OC(C)(C)C)(C1)CC(C)(C2)C3O. The zero-order chi connectivity index (χ0) is 15.7. The molecule has 4 bridgehead atoms. The Balaban J connectivity index is 1.81. The summed E-state index contributed by atoms with van der Waals surface area (Å²) in [5.41, 5.74) is -0.487. The zero-order valence-electron chi connectivity index (χ0n) is 14.0. The van der Waals surface area contributed by atoms with Crippen LogP contribution in [0.5, 0.6) is 0 Å². The Morgan fingerprint density at radius 2 is 1.86 bits per heavy atom. The number of rotatable bonds is 1. The van der Waals surface area contributed by atoms with Gasteiger partial charge < -0.3 is 15.2 Å². The molecule has 5 atom stereocenters. The van der Waals surface area contributed by atoms with Gasteiger partial charge in [-0.1, -0.05) is 13.8 Å². The molecule has 5 unspecified atom stereocenters. The molecule has 4 rings (SSSR count). The lowest BCUT2D eigenvalue weighted by molar-refractivity contribution is -0.190. The molecule has 0 radical (unpaired) electrons. The number of alkyl carbamates (subject to hydrolysis) is 1. The average Bonchev–Trinajstić information content (AvgIpc) is 2.18. The third kappa shape index (κ3) is 2.56. The zero-order valence-corrected chi connectivity index (χ0v) is 14.0. The summed E-state index contributed by atoms with van der Waals surface area (Å²) in [7, 11) is 0. The summed E-state index contributed by atoms with van der Waals surface area (Å²) in [6.45, 7) is 10.2. The first kappa shape index (κ1) is 15.1. The minimum Gasteiger partial charge on any atom is -0.444 e. The Bertz CT molecular complexity index is 471. The molecular weight excluding hydrogens is 266 g/mol. The normalized spacial score (nSPS) is 48.3. The maximum atomic E-state index is 12.2. The van der Waals surface area contributed by atoms with E-state index in [9.17, 15) is 9.90 Å². The second-order valence-electron chi connectivity index (χ2n) is 9.52. The molecule has 0 heterocycles. The fourth-order valence-electron chi connectivity index (χ4n) is 5.91. The number of hydrogen-bond donors (Lipinski definition) is 2. The fourth-order valence-corrected chi connectivity index (χ4v) is 5.91. The van der Waals surface area contributed by atoms with E-state index in [1.54, 1.807) is 0 Å². The summed E-state index contributed by atoms with van der Waals surface area (Å²) in [4.78, 5) is 12.2. The molecule has 0 aliphatic heterocycles. The lowest BCUT2D eigenvalue weighted by Crippen LogP contribution is -2.69. The molecule has 120 valence electrons. The maximum absolute atomic E-state index is 12.2. The van der Waals surface area contributed by atoms with Crippen molar-refractivity contribution in [1.29, 1.82) is 0 Å². The van der Waals surface area contributed by atoms with Crippen LogP contribution < -0.4 is 5.32 Å². The summed E-state index contributed by atoms with van der Waals surface area (Å²) in [5, 5.41) is 13.8. The highest BCUT2D eigenvalue weighted by Crippen LogP contribution is 2.66. The van der Waals surface area contributed by atoms with Gasteiger partial charge in [0.05, 0.1) is 6.10 Å². The summed E-state index contributed by atoms with van der Waals surface area (Å²) >= 11 is 0.